The van der Waals surface area contributed by atoms with Gasteiger partial charge in [0.05, 0.1) is 13.0 Å². The fourth-order valence-electron chi connectivity index (χ4n) is 1.91. The summed E-state index contributed by atoms with van der Waals surface area (Å²) >= 11 is 1.60. The summed E-state index contributed by atoms with van der Waals surface area (Å²) in [7, 11) is 1.42. The molecule has 2 aromatic rings. The molecule has 0 aliphatic carbocycles. The van der Waals surface area contributed by atoms with E-state index in [0.717, 1.165) is 16.1 Å². The van der Waals surface area contributed by atoms with Crippen molar-refractivity contribution in [1.82, 2.24) is 0 Å². The van der Waals surface area contributed by atoms with E-state index in [-0.39, 0.29) is 11.9 Å². The van der Waals surface area contributed by atoms with Crippen molar-refractivity contribution in [2.75, 3.05) is 18.6 Å². The molecule has 20 heavy (non-hydrogen) atoms. The molecule has 2 aromatic carbocycles. The van der Waals surface area contributed by atoms with E-state index in [4.69, 9.17) is 10.5 Å². The summed E-state index contributed by atoms with van der Waals surface area (Å²) < 4.78 is 4.90. The zero-order chi connectivity index (χ0) is 14.4. The van der Waals surface area contributed by atoms with Crippen molar-refractivity contribution in [1.29, 1.82) is 0 Å². The fourth-order valence-corrected chi connectivity index (χ4v) is 2.99. The highest BCUT2D eigenvalue weighted by Crippen LogP contribution is 2.28. The van der Waals surface area contributed by atoms with Crippen LogP contribution in [0.5, 0.6) is 0 Å². The first-order valence-corrected chi connectivity index (χ1v) is 7.30. The molecule has 0 heterocycles. The highest BCUT2D eigenvalue weighted by atomic mass is 32.2. The van der Waals surface area contributed by atoms with Gasteiger partial charge in [0.25, 0.3) is 0 Å². The van der Waals surface area contributed by atoms with Crippen LogP contribution >= 0.6 is 11.8 Å². The topological polar surface area (TPSA) is 52.3 Å². The highest BCUT2D eigenvalue weighted by molar-refractivity contribution is 7.99. The lowest BCUT2D eigenvalue weighted by molar-refractivity contribution is -0.141. The summed E-state index contributed by atoms with van der Waals surface area (Å²) in [6, 6.07) is 17.3. The van der Waals surface area contributed by atoms with Crippen molar-refractivity contribution in [2.45, 2.75) is 10.8 Å². The molecule has 0 bridgehead atoms. The smallest absolute Gasteiger partial charge is 0.313 e. The van der Waals surface area contributed by atoms with E-state index < -0.39 is 0 Å². The Bertz CT molecular complexity index is 572. The van der Waals surface area contributed by atoms with E-state index in [1.54, 1.807) is 11.8 Å². The number of anilines is 1. The van der Waals surface area contributed by atoms with E-state index in [1.165, 1.54) is 7.11 Å². The van der Waals surface area contributed by atoms with Gasteiger partial charge in [-0.3, -0.25) is 4.79 Å². The van der Waals surface area contributed by atoms with Gasteiger partial charge in [-0.05, 0) is 23.8 Å². The molecule has 0 aliphatic rings. The largest absolute Gasteiger partial charge is 0.469 e. The van der Waals surface area contributed by atoms with Gasteiger partial charge >= 0.3 is 5.97 Å². The number of thioether (sulfide) groups is 1. The highest BCUT2D eigenvalue weighted by Gasteiger charge is 2.21. The summed E-state index contributed by atoms with van der Waals surface area (Å²) in [5, 5.41) is 0. The van der Waals surface area contributed by atoms with Crippen LogP contribution in [0, 0.1) is 0 Å². The van der Waals surface area contributed by atoms with Crippen LogP contribution in [0.4, 0.5) is 5.69 Å². The molecule has 0 fully saturated rings. The molecule has 0 radical (unpaired) electrons. The summed E-state index contributed by atoms with van der Waals surface area (Å²) in [4.78, 5) is 13.0. The van der Waals surface area contributed by atoms with Crippen molar-refractivity contribution in [3.05, 3.63) is 60.2 Å². The molecule has 104 valence electrons. The van der Waals surface area contributed by atoms with Gasteiger partial charge in [0.2, 0.25) is 0 Å². The molecule has 2 N–H and O–H groups in total. The molecule has 0 spiro atoms. The van der Waals surface area contributed by atoms with Crippen molar-refractivity contribution in [2.24, 2.45) is 0 Å². The van der Waals surface area contributed by atoms with Crippen molar-refractivity contribution >= 4 is 23.4 Å². The maximum atomic E-state index is 11.9. The second-order valence-electron chi connectivity index (χ2n) is 4.37. The number of rotatable bonds is 5. The Balaban J connectivity index is 2.11. The van der Waals surface area contributed by atoms with E-state index in [2.05, 4.69) is 0 Å². The van der Waals surface area contributed by atoms with Gasteiger partial charge in [0, 0.05) is 16.3 Å². The van der Waals surface area contributed by atoms with E-state index >= 15 is 0 Å². The minimum Gasteiger partial charge on any atom is -0.469 e. The number of hydrogen-bond acceptors (Lipinski definition) is 4. The number of carbonyl (C=O) groups is 1. The van der Waals surface area contributed by atoms with Crippen molar-refractivity contribution < 1.29 is 9.53 Å². The van der Waals surface area contributed by atoms with Crippen LogP contribution in [0.1, 0.15) is 11.5 Å². The predicted molar refractivity (Wildman–Crippen MR) is 82.8 cm³/mol. The minimum absolute atomic E-state index is 0.215. The van der Waals surface area contributed by atoms with Gasteiger partial charge in [-0.25, -0.2) is 0 Å². The standard InChI is InChI=1S/C16H17NO2S/c1-19-16(18)15(12-6-3-2-4-7-12)11-20-14-9-5-8-13(17)10-14/h2-10,15H,11,17H2,1H3. The number of nitrogens with two attached hydrogens (primary N) is 1. The lowest BCUT2D eigenvalue weighted by Crippen LogP contribution is -2.16. The predicted octanol–water partition coefficient (Wildman–Crippen LogP) is 3.32. The van der Waals surface area contributed by atoms with Crippen molar-refractivity contribution in [3.63, 3.8) is 0 Å². The van der Waals surface area contributed by atoms with E-state index in [1.807, 2.05) is 54.6 Å². The Hall–Kier alpha value is -1.94. The van der Waals surface area contributed by atoms with Crippen LogP contribution in [-0.4, -0.2) is 18.8 Å². The van der Waals surface area contributed by atoms with Gasteiger partial charge in [-0.1, -0.05) is 36.4 Å². The van der Waals surface area contributed by atoms with E-state index in [0.29, 0.717) is 5.75 Å². The third-order valence-electron chi connectivity index (χ3n) is 2.96. The number of methoxy groups -OCH3 is 1. The van der Waals surface area contributed by atoms with Crippen LogP contribution in [-0.2, 0) is 9.53 Å². The number of ether oxygens (including phenoxy) is 1. The summed E-state index contributed by atoms with van der Waals surface area (Å²) in [6.45, 7) is 0. The molecular formula is C16H17NO2S. The van der Waals surface area contributed by atoms with Gasteiger partial charge in [0.1, 0.15) is 0 Å². The normalized spacial score (nSPS) is 11.8. The molecule has 3 nitrogen and oxygen atoms in total. The molecule has 4 heteroatoms. The Labute approximate surface area is 123 Å². The SMILES string of the molecule is COC(=O)C(CSc1cccc(N)c1)c1ccccc1. The average molecular weight is 287 g/mol. The second kappa shape index (κ2) is 7.01. The number of nitrogen functional groups attached to an aromatic ring is 1. The Morgan fingerprint density at radius 2 is 1.95 bits per heavy atom. The van der Waals surface area contributed by atoms with Gasteiger partial charge in [0.15, 0.2) is 0 Å². The molecule has 0 saturated heterocycles. The lowest BCUT2D eigenvalue weighted by Gasteiger charge is -2.14. The van der Waals surface area contributed by atoms with Crippen LogP contribution < -0.4 is 5.73 Å². The molecule has 0 amide bonds. The maximum absolute atomic E-state index is 11.9. The summed E-state index contributed by atoms with van der Waals surface area (Å²) in [5.41, 5.74) is 7.45. The first-order chi connectivity index (χ1) is 9.70. The molecule has 1 atom stereocenters. The Morgan fingerprint density at radius 1 is 1.20 bits per heavy atom. The zero-order valence-electron chi connectivity index (χ0n) is 11.3. The molecule has 0 aromatic heterocycles. The fraction of sp³-hybridized carbons (Fsp3) is 0.188. The van der Waals surface area contributed by atoms with E-state index in [9.17, 15) is 4.79 Å². The number of hydrogen-bond donors (Lipinski definition) is 1. The lowest BCUT2D eigenvalue weighted by atomic mass is 10.0. The molecule has 2 rings (SSSR count). The average Bonchev–Trinajstić information content (AvgIpc) is 2.48. The number of benzene rings is 2. The van der Waals surface area contributed by atoms with Gasteiger partial charge < -0.3 is 10.5 Å². The summed E-state index contributed by atoms with van der Waals surface area (Å²) in [6.07, 6.45) is 0. The van der Waals surface area contributed by atoms with Gasteiger partial charge in [-0.15, -0.1) is 11.8 Å². The molecule has 0 aliphatic heterocycles. The van der Waals surface area contributed by atoms with Gasteiger partial charge in [-0.2, -0.15) is 0 Å². The Kier molecular flexibility index (Phi) is 5.07. The number of esters is 1. The minimum atomic E-state index is -0.271. The number of carbonyl (C=O) groups excluding carboxylic acids is 1. The van der Waals surface area contributed by atoms with Crippen LogP contribution in [0.15, 0.2) is 59.5 Å². The third kappa shape index (κ3) is 3.78. The molecular weight excluding hydrogens is 270 g/mol. The molecule has 1 unspecified atom stereocenters. The first-order valence-electron chi connectivity index (χ1n) is 6.32. The maximum Gasteiger partial charge on any atom is 0.313 e. The first kappa shape index (κ1) is 14.5. The molecule has 0 saturated carbocycles. The monoisotopic (exact) mass is 287 g/mol. The van der Waals surface area contributed by atoms with Crippen LogP contribution in [0.3, 0.4) is 0 Å². The zero-order valence-corrected chi connectivity index (χ0v) is 12.1. The second-order valence-corrected chi connectivity index (χ2v) is 5.46. The van der Waals surface area contributed by atoms with Crippen molar-refractivity contribution in [3.8, 4) is 0 Å². The summed E-state index contributed by atoms with van der Waals surface area (Å²) in [5.74, 6) is 0.139. The van der Waals surface area contributed by atoms with Crippen LogP contribution in [0.2, 0.25) is 0 Å². The van der Waals surface area contributed by atoms with Crippen LogP contribution in [0.25, 0.3) is 0 Å². The third-order valence-corrected chi connectivity index (χ3v) is 4.05. The Morgan fingerprint density at radius 3 is 2.60 bits per heavy atom. The quantitative estimate of drug-likeness (QED) is 0.521.